The van der Waals surface area contributed by atoms with Crippen LogP contribution in [0.15, 0.2) is 79.1 Å². The van der Waals surface area contributed by atoms with Crippen molar-refractivity contribution in [2.45, 2.75) is 128 Å². The summed E-state index contributed by atoms with van der Waals surface area (Å²) >= 11 is 1.29. The maximum absolute atomic E-state index is 13.8. The van der Waals surface area contributed by atoms with E-state index < -0.39 is 74.0 Å². The molecule has 4 aliphatic carbocycles. The zero-order valence-corrected chi connectivity index (χ0v) is 52.7. The normalized spacial score (nSPS) is 25.8. The van der Waals surface area contributed by atoms with E-state index in [0.29, 0.717) is 76.0 Å². The topological polar surface area (TPSA) is 394 Å². The lowest BCUT2D eigenvalue weighted by Gasteiger charge is -2.69. The largest absolute Gasteiger partial charge is 0.479 e. The van der Waals surface area contributed by atoms with E-state index in [1.54, 1.807) is 36.7 Å². The van der Waals surface area contributed by atoms with Crippen LogP contribution in [-0.2, 0) is 47.9 Å². The predicted molar refractivity (Wildman–Crippen MR) is 336 cm³/mol. The van der Waals surface area contributed by atoms with E-state index in [4.69, 9.17) is 34.8 Å². The van der Waals surface area contributed by atoms with Crippen LogP contribution in [0.25, 0.3) is 27.6 Å². The molecule has 6 aliphatic rings. The van der Waals surface area contributed by atoms with Gasteiger partial charge < -0.3 is 75.1 Å². The third kappa shape index (κ3) is 14.4. The summed E-state index contributed by atoms with van der Waals surface area (Å²) in [4.78, 5) is 102. The van der Waals surface area contributed by atoms with Gasteiger partial charge in [0.05, 0.1) is 30.3 Å². The van der Waals surface area contributed by atoms with Crippen LogP contribution in [0.4, 0.5) is 21.4 Å². The molecule has 2 unspecified atom stereocenters. The number of carboxylic acid groups (broad SMARTS) is 2. The molecule has 1 saturated heterocycles. The number of aliphatic hydroxyl groups excluding tert-OH is 3. The summed E-state index contributed by atoms with van der Waals surface area (Å²) in [6.45, 7) is 7.84. The Morgan fingerprint density at radius 3 is 2.42 bits per heavy atom. The maximum atomic E-state index is 13.8. The average molecular weight is 1310 g/mol. The highest BCUT2D eigenvalue weighted by Crippen LogP contribution is 2.72. The molecule has 6 aromatic rings. The number of rotatable bonds is 24. The number of thiazole rings is 1. The molecule has 7 atom stereocenters. The lowest BCUT2D eigenvalue weighted by atomic mass is 9.39. The minimum Gasteiger partial charge on any atom is -0.479 e. The highest BCUT2D eigenvalue weighted by molar-refractivity contribution is 7.51. The molecular weight excluding hydrogens is 1230 g/mol. The zero-order valence-electron chi connectivity index (χ0n) is 51.0. The minimum absolute atomic E-state index is 0.00826. The van der Waals surface area contributed by atoms with Gasteiger partial charge in [0.2, 0.25) is 12.2 Å². The number of anilines is 3. The first-order valence-electron chi connectivity index (χ1n) is 30.4. The van der Waals surface area contributed by atoms with Gasteiger partial charge in [0.1, 0.15) is 46.8 Å². The fourth-order valence-electron chi connectivity index (χ4n) is 15.3. The number of nitrogens with one attached hydrogen (secondary N) is 2. The Bertz CT molecular complexity index is 3840. The number of pyridine rings is 2. The number of amides is 3. The van der Waals surface area contributed by atoms with Crippen molar-refractivity contribution in [2.75, 3.05) is 61.1 Å². The molecule has 12 rings (SSSR count). The summed E-state index contributed by atoms with van der Waals surface area (Å²) in [7, 11) is -4.41. The fourth-order valence-corrected chi connectivity index (χ4v) is 16.7. The summed E-state index contributed by atoms with van der Waals surface area (Å²) in [5.41, 5.74) is 9.81. The van der Waals surface area contributed by atoms with E-state index >= 15 is 0 Å². The molecule has 4 bridgehead atoms. The van der Waals surface area contributed by atoms with Gasteiger partial charge in [-0.1, -0.05) is 49.5 Å². The summed E-state index contributed by atoms with van der Waals surface area (Å²) in [6, 6.07) is 17.2. The molecule has 490 valence electrons. The van der Waals surface area contributed by atoms with Gasteiger partial charge in [-0.3, -0.25) is 24.2 Å². The van der Waals surface area contributed by atoms with E-state index in [0.717, 1.165) is 48.9 Å². The summed E-state index contributed by atoms with van der Waals surface area (Å²) < 4.78 is 37.6. The highest BCUT2D eigenvalue weighted by Gasteiger charge is 2.66. The standard InChI is InChI=1S/C63H75N10O17PS/c1-36-41(39-13-15-46(69-48(39)55(79)80)72-21-17-38-9-4-10-40(42(38)28-72)53(78)70-58-68-43-11-5-19-65-54(43)92-58)27-66-73(36)35-62-30-60(2)29-61(3,31-62)33-63(32-60,34-62)88-24-22-71(20-7-25-91(84,85)86)59(83)87-23-6-8-37-12-14-45(44(26-37)67-47(74)16-18-64)89-57-51(77)49(75)50(76)52(90-57)56(81)82/h4-6,8-15,19,26-27,49-52,57,75-77H,7,16-18,20-25,28-35,64H2,1-3H3,(H,67,74)(H,79,80)(H,81,82)(H,68,70,78)(H2,84,85,86)/t49-,50-,51+,52-,57+,60?,61?,62?,63?/m0/s1. The van der Waals surface area contributed by atoms with Crippen molar-refractivity contribution in [3.63, 3.8) is 0 Å². The van der Waals surface area contributed by atoms with Gasteiger partial charge in [0, 0.05) is 74.3 Å². The minimum atomic E-state index is -4.41. The van der Waals surface area contributed by atoms with E-state index in [1.165, 1.54) is 40.5 Å². The van der Waals surface area contributed by atoms with Crippen LogP contribution in [0.2, 0.25) is 0 Å². The van der Waals surface area contributed by atoms with Crippen molar-refractivity contribution in [1.29, 1.82) is 0 Å². The van der Waals surface area contributed by atoms with Crippen LogP contribution in [0.1, 0.15) is 108 Å². The number of nitrogens with two attached hydrogens (primary N) is 1. The SMILES string of the molecule is Cc1c(-c2ccc(N3CCc4cccc(C(=O)Nc5nc6cccnc6s5)c4C3)nc2C(=O)O)cnn1CC12CC3(C)CC(C)(C1)CC(OCCN(CCCP(=O)(O)O)C(=O)OCC=Cc1ccc(O[C@@H]4O[C@H](C(=O)O)[C@@H](O)[C@H](O)[C@H]4O)c(NC(=O)CCN)c1)(C3)C2. The molecule has 0 radical (unpaired) electrons. The van der Waals surface area contributed by atoms with Crippen molar-refractivity contribution < 1.29 is 82.8 Å². The third-order valence-corrected chi connectivity index (χ3v) is 19.9. The number of carboxylic acids is 2. The average Bonchev–Trinajstić information content (AvgIpc) is 0.714. The number of aromatic nitrogens is 5. The molecule has 4 saturated carbocycles. The van der Waals surface area contributed by atoms with Crippen molar-refractivity contribution in [2.24, 2.45) is 22.0 Å². The van der Waals surface area contributed by atoms with E-state index in [-0.39, 0.29) is 85.0 Å². The van der Waals surface area contributed by atoms with Crippen molar-refractivity contribution in [1.82, 2.24) is 29.6 Å². The Labute approximate surface area is 532 Å². The van der Waals surface area contributed by atoms with Gasteiger partial charge in [-0.2, -0.15) is 5.10 Å². The molecule has 3 amide bonds. The number of aliphatic hydroxyl groups is 3. The van der Waals surface area contributed by atoms with Gasteiger partial charge in [-0.15, -0.1) is 0 Å². The van der Waals surface area contributed by atoms with E-state index in [1.807, 2.05) is 40.8 Å². The summed E-state index contributed by atoms with van der Waals surface area (Å²) in [5.74, 6) is -3.25. The Balaban J connectivity index is 0.748. The Morgan fingerprint density at radius 2 is 1.70 bits per heavy atom. The first-order chi connectivity index (χ1) is 43.7. The molecule has 2 aromatic carbocycles. The van der Waals surface area contributed by atoms with Crippen LogP contribution in [0.3, 0.4) is 0 Å². The second kappa shape index (κ2) is 26.3. The van der Waals surface area contributed by atoms with Crippen LogP contribution in [-0.4, -0.2) is 177 Å². The van der Waals surface area contributed by atoms with Gasteiger partial charge in [0.25, 0.3) is 5.91 Å². The molecule has 27 nitrogen and oxygen atoms in total. The third-order valence-electron chi connectivity index (χ3n) is 18.1. The monoisotopic (exact) mass is 1310 g/mol. The van der Waals surface area contributed by atoms with Gasteiger partial charge in [-0.05, 0) is 140 Å². The number of aromatic carboxylic acids is 1. The first kappa shape index (κ1) is 65.7. The number of nitrogens with zero attached hydrogens (tertiary/aromatic N) is 7. The van der Waals surface area contributed by atoms with Crippen LogP contribution in [0.5, 0.6) is 5.75 Å². The summed E-state index contributed by atoms with van der Waals surface area (Å²) in [6.07, 6.45) is 1.39. The van der Waals surface area contributed by atoms with Gasteiger partial charge in [0.15, 0.2) is 16.9 Å². The molecule has 29 heteroatoms. The Morgan fingerprint density at radius 1 is 0.913 bits per heavy atom. The number of fused-ring (bicyclic) bond motifs is 2. The number of hydrogen-bond acceptors (Lipinski definition) is 20. The molecule has 2 aliphatic heterocycles. The van der Waals surface area contributed by atoms with Gasteiger partial charge >= 0.3 is 25.6 Å². The van der Waals surface area contributed by atoms with Crippen LogP contribution < -0.4 is 26.0 Å². The lowest BCUT2D eigenvalue weighted by molar-refractivity contribution is -0.271. The molecule has 0 spiro atoms. The van der Waals surface area contributed by atoms with Gasteiger partial charge in [-0.25, -0.2) is 29.3 Å². The Hall–Kier alpha value is -7.76. The number of benzene rings is 2. The predicted octanol–water partition coefficient (Wildman–Crippen LogP) is 6.19. The zero-order chi connectivity index (χ0) is 65.5. The van der Waals surface area contributed by atoms with E-state index in [2.05, 4.69) is 34.4 Å². The number of hydrogen-bond donors (Lipinski definition) is 10. The van der Waals surface area contributed by atoms with Crippen molar-refractivity contribution in [3.05, 3.63) is 113 Å². The van der Waals surface area contributed by atoms with Crippen LogP contribution >= 0.6 is 18.9 Å². The second-order valence-corrected chi connectivity index (χ2v) is 28.5. The smallest absolute Gasteiger partial charge is 0.410 e. The lowest BCUT2D eigenvalue weighted by Crippen LogP contribution is -2.64. The van der Waals surface area contributed by atoms with Crippen molar-refractivity contribution in [3.8, 4) is 16.9 Å². The molecular formula is C63H75N10O17PS. The van der Waals surface area contributed by atoms with Crippen molar-refractivity contribution >= 4 is 81.8 Å². The highest BCUT2D eigenvalue weighted by atomic mass is 32.1. The fraction of sp³-hybridized carbons (Fsp3) is 0.476. The van der Waals surface area contributed by atoms with Crippen LogP contribution in [0, 0.1) is 23.2 Å². The Kier molecular flexibility index (Phi) is 18.8. The first-order valence-corrected chi connectivity index (χ1v) is 33.0. The van der Waals surface area contributed by atoms with E-state index in [9.17, 15) is 63.9 Å². The number of aliphatic carboxylic acids is 1. The molecule has 5 fully saturated rings. The molecule has 6 heterocycles. The number of carbonyl (C=O) groups excluding carboxylic acids is 3. The molecule has 92 heavy (non-hydrogen) atoms. The summed E-state index contributed by atoms with van der Waals surface area (Å²) in [5, 5.41) is 62.2. The quantitative estimate of drug-likeness (QED) is 0.0302. The number of ether oxygens (including phenoxy) is 4. The number of carbonyl (C=O) groups is 5. The second-order valence-electron chi connectivity index (χ2n) is 25.7. The molecule has 4 aromatic heterocycles. The molecule has 11 N–H and O–H groups in total. The maximum Gasteiger partial charge on any atom is 0.410 e.